The van der Waals surface area contributed by atoms with E-state index in [-0.39, 0.29) is 12.1 Å². The molecule has 1 aromatic heterocycles. The molecule has 1 atom stereocenters. The summed E-state index contributed by atoms with van der Waals surface area (Å²) in [6, 6.07) is 13.7. The van der Waals surface area contributed by atoms with Crippen molar-refractivity contribution in [2.45, 2.75) is 26.3 Å². The molecule has 3 rings (SSSR count). The van der Waals surface area contributed by atoms with Gasteiger partial charge < -0.3 is 10.1 Å². The highest BCUT2D eigenvalue weighted by molar-refractivity contribution is 5.92. The molecular formula is C23H22FN3O4. The molecule has 3 aromatic rings. The van der Waals surface area contributed by atoms with Crippen molar-refractivity contribution in [3.63, 3.8) is 0 Å². The van der Waals surface area contributed by atoms with Crippen LogP contribution in [0, 0.1) is 19.7 Å². The number of aromatic nitrogens is 2. The van der Waals surface area contributed by atoms with Crippen molar-refractivity contribution in [3.8, 4) is 5.69 Å². The molecule has 1 unspecified atom stereocenters. The smallest absolute Gasteiger partial charge is 0.307 e. The van der Waals surface area contributed by atoms with E-state index in [4.69, 9.17) is 4.74 Å². The molecule has 1 amide bonds. The molecule has 0 aliphatic rings. The van der Waals surface area contributed by atoms with Crippen molar-refractivity contribution in [1.29, 1.82) is 0 Å². The van der Waals surface area contributed by atoms with E-state index in [0.717, 1.165) is 5.56 Å². The van der Waals surface area contributed by atoms with Gasteiger partial charge in [-0.3, -0.25) is 14.4 Å². The molecule has 0 aliphatic carbocycles. The number of methoxy groups -OCH3 is 1. The van der Waals surface area contributed by atoms with Gasteiger partial charge in [-0.05, 0) is 31.5 Å². The third-order valence-corrected chi connectivity index (χ3v) is 4.79. The number of rotatable bonds is 6. The van der Waals surface area contributed by atoms with E-state index in [2.05, 4.69) is 10.4 Å². The fraction of sp³-hybridized carbons (Fsp3) is 0.217. The molecule has 0 spiro atoms. The van der Waals surface area contributed by atoms with Crippen molar-refractivity contribution >= 4 is 11.9 Å². The lowest BCUT2D eigenvalue weighted by Crippen LogP contribution is -2.35. The zero-order chi connectivity index (χ0) is 22.5. The van der Waals surface area contributed by atoms with Gasteiger partial charge in [0, 0.05) is 11.8 Å². The summed E-state index contributed by atoms with van der Waals surface area (Å²) in [6.45, 7) is 3.51. The van der Waals surface area contributed by atoms with E-state index in [1.165, 1.54) is 36.1 Å². The maximum Gasteiger partial charge on any atom is 0.307 e. The van der Waals surface area contributed by atoms with Gasteiger partial charge >= 0.3 is 5.97 Å². The number of carbonyl (C=O) groups is 2. The molecule has 8 heteroatoms. The third kappa shape index (κ3) is 5.03. The van der Waals surface area contributed by atoms with Crippen molar-refractivity contribution in [2.75, 3.05) is 7.11 Å². The summed E-state index contributed by atoms with van der Waals surface area (Å²) in [6.07, 6.45) is -0.126. The zero-order valence-corrected chi connectivity index (χ0v) is 17.4. The maximum absolute atomic E-state index is 14.2. The fourth-order valence-corrected chi connectivity index (χ4v) is 3.10. The number of aryl methyl sites for hydroxylation is 2. The van der Waals surface area contributed by atoms with Crippen LogP contribution in [0.15, 0.2) is 59.4 Å². The molecule has 0 bridgehead atoms. The molecule has 2 aromatic carbocycles. The Bertz CT molecular complexity index is 1170. The van der Waals surface area contributed by atoms with Gasteiger partial charge in [0.2, 0.25) is 5.43 Å². The number of esters is 1. The van der Waals surface area contributed by atoms with Gasteiger partial charge in [-0.15, -0.1) is 0 Å². The molecule has 160 valence electrons. The molecule has 0 aliphatic heterocycles. The van der Waals surface area contributed by atoms with Crippen LogP contribution in [0.4, 0.5) is 4.39 Å². The van der Waals surface area contributed by atoms with E-state index in [0.29, 0.717) is 11.3 Å². The number of hydrogen-bond acceptors (Lipinski definition) is 5. The first kappa shape index (κ1) is 21.9. The molecule has 0 fully saturated rings. The Morgan fingerprint density at radius 3 is 2.45 bits per heavy atom. The Kier molecular flexibility index (Phi) is 6.59. The summed E-state index contributed by atoms with van der Waals surface area (Å²) in [7, 11) is 1.25. The van der Waals surface area contributed by atoms with Gasteiger partial charge in [0.25, 0.3) is 5.91 Å². The van der Waals surface area contributed by atoms with Crippen LogP contribution in [0.2, 0.25) is 0 Å². The highest BCUT2D eigenvalue weighted by atomic mass is 19.1. The number of carbonyl (C=O) groups excluding carboxylic acids is 2. The first-order chi connectivity index (χ1) is 14.8. The van der Waals surface area contributed by atoms with E-state index in [1.54, 1.807) is 25.1 Å². The van der Waals surface area contributed by atoms with Crippen LogP contribution in [-0.4, -0.2) is 28.8 Å². The fourth-order valence-electron chi connectivity index (χ4n) is 3.10. The zero-order valence-electron chi connectivity index (χ0n) is 17.4. The molecule has 7 nitrogen and oxygen atoms in total. The quantitative estimate of drug-likeness (QED) is 0.616. The van der Waals surface area contributed by atoms with Crippen LogP contribution in [-0.2, 0) is 9.53 Å². The number of amides is 1. The number of hydrogen-bond donors (Lipinski definition) is 1. The summed E-state index contributed by atoms with van der Waals surface area (Å²) in [5, 5.41) is 6.78. The number of nitrogens with zero attached hydrogens (tertiary/aromatic N) is 2. The molecule has 0 radical (unpaired) electrons. The van der Waals surface area contributed by atoms with Crippen LogP contribution < -0.4 is 10.7 Å². The number of halogens is 1. The van der Waals surface area contributed by atoms with E-state index < -0.39 is 34.9 Å². The summed E-state index contributed by atoms with van der Waals surface area (Å²) < 4.78 is 20.2. The monoisotopic (exact) mass is 423 g/mol. The lowest BCUT2D eigenvalue weighted by Gasteiger charge is -2.19. The third-order valence-electron chi connectivity index (χ3n) is 4.79. The Morgan fingerprint density at radius 1 is 1.13 bits per heavy atom. The minimum Gasteiger partial charge on any atom is -0.469 e. The summed E-state index contributed by atoms with van der Waals surface area (Å²) in [4.78, 5) is 37.3. The summed E-state index contributed by atoms with van der Waals surface area (Å²) in [5.41, 5.74) is 1.15. The Balaban J connectivity index is 1.97. The van der Waals surface area contributed by atoms with Crippen LogP contribution >= 0.6 is 0 Å². The predicted molar refractivity (Wildman–Crippen MR) is 113 cm³/mol. The van der Waals surface area contributed by atoms with E-state index >= 15 is 0 Å². The Labute approximate surface area is 178 Å². The van der Waals surface area contributed by atoms with Crippen molar-refractivity contribution in [1.82, 2.24) is 15.1 Å². The maximum atomic E-state index is 14.2. The average Bonchev–Trinajstić information content (AvgIpc) is 2.74. The van der Waals surface area contributed by atoms with Gasteiger partial charge in [0.05, 0.1) is 19.6 Å². The Morgan fingerprint density at radius 2 is 1.81 bits per heavy atom. The van der Waals surface area contributed by atoms with Crippen LogP contribution in [0.3, 0.4) is 0 Å². The Hall–Kier alpha value is -3.81. The summed E-state index contributed by atoms with van der Waals surface area (Å²) >= 11 is 0. The minimum absolute atomic E-state index is 0.110. The first-order valence-corrected chi connectivity index (χ1v) is 9.60. The topological polar surface area (TPSA) is 90.3 Å². The van der Waals surface area contributed by atoms with Crippen molar-refractivity contribution in [2.24, 2.45) is 0 Å². The first-order valence-electron chi connectivity index (χ1n) is 9.60. The summed E-state index contributed by atoms with van der Waals surface area (Å²) in [5.74, 6) is -1.84. The largest absolute Gasteiger partial charge is 0.469 e. The van der Waals surface area contributed by atoms with Gasteiger partial charge in [-0.25, -0.2) is 9.07 Å². The van der Waals surface area contributed by atoms with Crippen molar-refractivity contribution in [3.05, 3.63) is 93.2 Å². The second-order valence-corrected chi connectivity index (χ2v) is 7.08. The molecule has 31 heavy (non-hydrogen) atoms. The minimum atomic E-state index is -0.774. The lowest BCUT2D eigenvalue weighted by atomic mass is 10.0. The number of ether oxygens (including phenoxy) is 1. The normalized spacial score (nSPS) is 11.6. The molecule has 0 saturated heterocycles. The number of nitrogens with one attached hydrogen (secondary N) is 1. The van der Waals surface area contributed by atoms with Crippen LogP contribution in [0.5, 0.6) is 0 Å². The highest BCUT2D eigenvalue weighted by Gasteiger charge is 2.23. The second kappa shape index (κ2) is 9.34. The number of benzene rings is 2. The molecule has 1 N–H and O–H groups in total. The van der Waals surface area contributed by atoms with Gasteiger partial charge in [-0.2, -0.15) is 5.10 Å². The van der Waals surface area contributed by atoms with Gasteiger partial charge in [0.1, 0.15) is 11.5 Å². The molecule has 1 heterocycles. The molecule has 0 saturated carbocycles. The van der Waals surface area contributed by atoms with E-state index in [9.17, 15) is 18.8 Å². The second-order valence-electron chi connectivity index (χ2n) is 7.08. The highest BCUT2D eigenvalue weighted by Crippen LogP contribution is 2.19. The van der Waals surface area contributed by atoms with Gasteiger partial charge in [-0.1, -0.05) is 42.0 Å². The van der Waals surface area contributed by atoms with Crippen LogP contribution in [0.25, 0.3) is 5.69 Å². The predicted octanol–water partition coefficient (Wildman–Crippen LogP) is 3.02. The van der Waals surface area contributed by atoms with Gasteiger partial charge in [0.15, 0.2) is 5.69 Å². The average molecular weight is 423 g/mol. The molecular weight excluding hydrogens is 401 g/mol. The SMILES string of the molecule is COC(=O)CC(NC(=O)c1nn(-c2ccccc2F)c(C)cc1=O)c1ccc(C)cc1. The number of para-hydroxylation sites is 1. The van der Waals surface area contributed by atoms with Crippen molar-refractivity contribution < 1.29 is 18.7 Å². The lowest BCUT2D eigenvalue weighted by molar-refractivity contribution is -0.141. The van der Waals surface area contributed by atoms with Crippen LogP contribution in [0.1, 0.15) is 39.8 Å². The standard InChI is InChI=1S/C23H22FN3O4/c1-14-8-10-16(11-9-14)18(13-21(29)31-3)25-23(30)22-20(28)12-15(2)27(26-22)19-7-5-4-6-17(19)24/h4-12,18H,13H2,1-3H3,(H,25,30). The van der Waals surface area contributed by atoms with E-state index in [1.807, 2.05) is 19.1 Å².